The average Bonchev–Trinajstić information content (AvgIpc) is 2.91. The highest BCUT2D eigenvalue weighted by molar-refractivity contribution is 5.94. The van der Waals surface area contributed by atoms with E-state index in [1.807, 2.05) is 18.7 Å². The second kappa shape index (κ2) is 11.7. The summed E-state index contributed by atoms with van der Waals surface area (Å²) in [6, 6.07) is 4.95. The number of aliphatic hydroxyl groups is 1. The quantitative estimate of drug-likeness (QED) is 0.436. The van der Waals surface area contributed by atoms with Crippen molar-refractivity contribution in [2.75, 3.05) is 31.6 Å². The number of rotatable bonds is 8. The van der Waals surface area contributed by atoms with Gasteiger partial charge in [-0.15, -0.1) is 0 Å². The van der Waals surface area contributed by atoms with Gasteiger partial charge in [-0.1, -0.05) is 0 Å². The molecule has 0 unspecified atom stereocenters. The maximum absolute atomic E-state index is 13.2. The van der Waals surface area contributed by atoms with Crippen LogP contribution in [0, 0.1) is 5.82 Å². The van der Waals surface area contributed by atoms with Crippen LogP contribution < -0.4 is 15.6 Å². The number of aromatic nitrogens is 4. The first-order valence-corrected chi connectivity index (χ1v) is 12.4. The standard InChI is InChI=1S/C26H30FN7O5/c1-17(24(37)31-21-12-30-22(13-29-21)39-19-6-4-18(27)5-7-19)33-8-9-34(26(2,3)16-33)25(38)20-15-32(10-11-35)23(36)14-28-20/h4-7,12-15,17,35H,8-11,16H2,1-3H3,(H,29,31,37)/t17-/m0/s1. The molecule has 3 aromatic rings. The number of aliphatic hydroxyl groups excluding tert-OH is 1. The van der Waals surface area contributed by atoms with Crippen LogP contribution in [0.5, 0.6) is 11.6 Å². The third-order valence-corrected chi connectivity index (χ3v) is 6.45. The van der Waals surface area contributed by atoms with Crippen LogP contribution in [0.2, 0.25) is 0 Å². The average molecular weight is 540 g/mol. The lowest BCUT2D eigenvalue weighted by atomic mass is 9.97. The van der Waals surface area contributed by atoms with Crippen LogP contribution in [0.3, 0.4) is 0 Å². The first-order chi connectivity index (χ1) is 18.6. The van der Waals surface area contributed by atoms with Gasteiger partial charge < -0.3 is 24.6 Å². The Bertz CT molecular complexity index is 1380. The van der Waals surface area contributed by atoms with Gasteiger partial charge in [0.05, 0.1) is 36.8 Å². The Balaban J connectivity index is 1.36. The molecule has 0 saturated carbocycles. The summed E-state index contributed by atoms with van der Waals surface area (Å²) in [5.74, 6) is -0.159. The van der Waals surface area contributed by atoms with Crippen LogP contribution in [-0.4, -0.2) is 84.1 Å². The SMILES string of the molecule is C[C@@H](C(=O)Nc1cnc(Oc2ccc(F)cc2)cn1)N1CCN(C(=O)c2cn(CCO)c(=O)cn2)C(C)(C)C1. The summed E-state index contributed by atoms with van der Waals surface area (Å²) in [4.78, 5) is 54.1. The number of carbonyl (C=O) groups is 2. The van der Waals surface area contributed by atoms with Crippen molar-refractivity contribution in [3.63, 3.8) is 0 Å². The molecule has 2 N–H and O–H groups in total. The molecule has 2 amide bonds. The molecule has 13 heteroatoms. The minimum Gasteiger partial charge on any atom is -0.438 e. The molecule has 0 spiro atoms. The number of amides is 2. The molecule has 0 radical (unpaired) electrons. The zero-order chi connectivity index (χ0) is 28.2. The van der Waals surface area contributed by atoms with Gasteiger partial charge in [-0.3, -0.25) is 19.3 Å². The molecule has 3 heterocycles. The fraction of sp³-hybridized carbons (Fsp3) is 0.385. The maximum atomic E-state index is 13.2. The van der Waals surface area contributed by atoms with Gasteiger partial charge in [-0.25, -0.2) is 19.3 Å². The topological polar surface area (TPSA) is 143 Å². The van der Waals surface area contributed by atoms with Gasteiger partial charge >= 0.3 is 0 Å². The molecule has 1 aliphatic rings. The molecule has 1 aliphatic heterocycles. The third kappa shape index (κ3) is 6.62. The van der Waals surface area contributed by atoms with E-state index >= 15 is 0 Å². The molecule has 1 atom stereocenters. The van der Waals surface area contributed by atoms with E-state index in [9.17, 15) is 18.8 Å². The van der Waals surface area contributed by atoms with Crippen molar-refractivity contribution in [1.29, 1.82) is 0 Å². The minimum atomic E-state index is -0.636. The van der Waals surface area contributed by atoms with Crippen LogP contribution in [0.25, 0.3) is 0 Å². The van der Waals surface area contributed by atoms with E-state index in [4.69, 9.17) is 9.84 Å². The van der Waals surface area contributed by atoms with E-state index in [-0.39, 0.29) is 48.2 Å². The number of carbonyl (C=O) groups excluding carboxylic acids is 2. The monoisotopic (exact) mass is 539 g/mol. The van der Waals surface area contributed by atoms with E-state index in [0.717, 1.165) is 6.20 Å². The number of halogens is 1. The third-order valence-electron chi connectivity index (χ3n) is 6.45. The minimum absolute atomic E-state index is 0.0693. The summed E-state index contributed by atoms with van der Waals surface area (Å²) in [6.45, 7) is 6.61. The van der Waals surface area contributed by atoms with Gasteiger partial charge in [-0.2, -0.15) is 0 Å². The van der Waals surface area contributed by atoms with E-state index in [1.54, 1.807) is 11.8 Å². The molecule has 0 bridgehead atoms. The normalized spacial score (nSPS) is 16.0. The largest absolute Gasteiger partial charge is 0.438 e. The van der Waals surface area contributed by atoms with E-state index in [1.165, 1.54) is 47.4 Å². The number of hydrogen-bond acceptors (Lipinski definition) is 9. The molecule has 1 saturated heterocycles. The zero-order valence-electron chi connectivity index (χ0n) is 21.9. The fourth-order valence-electron chi connectivity index (χ4n) is 4.33. The second-order valence-electron chi connectivity index (χ2n) is 9.73. The summed E-state index contributed by atoms with van der Waals surface area (Å²) in [5, 5.41) is 11.9. The van der Waals surface area contributed by atoms with Crippen molar-refractivity contribution in [2.24, 2.45) is 0 Å². The fourth-order valence-corrected chi connectivity index (χ4v) is 4.33. The Labute approximate surface area is 224 Å². The molecular formula is C26H30FN7O5. The van der Waals surface area contributed by atoms with Crippen LogP contribution in [0.4, 0.5) is 10.2 Å². The van der Waals surface area contributed by atoms with Crippen LogP contribution in [0.15, 0.2) is 53.8 Å². The van der Waals surface area contributed by atoms with Gasteiger partial charge in [0.1, 0.15) is 17.3 Å². The lowest BCUT2D eigenvalue weighted by Crippen LogP contribution is -2.63. The van der Waals surface area contributed by atoms with Gasteiger partial charge in [0, 0.05) is 32.4 Å². The summed E-state index contributed by atoms with van der Waals surface area (Å²) < 4.78 is 19.8. The highest BCUT2D eigenvalue weighted by atomic mass is 19.1. The van der Waals surface area contributed by atoms with Crippen LogP contribution in [0.1, 0.15) is 31.3 Å². The Morgan fingerprint density at radius 2 is 1.87 bits per heavy atom. The van der Waals surface area contributed by atoms with Gasteiger partial charge in [0.25, 0.3) is 11.5 Å². The lowest BCUT2D eigenvalue weighted by molar-refractivity contribution is -0.122. The van der Waals surface area contributed by atoms with Crippen molar-refractivity contribution < 1.29 is 23.8 Å². The highest BCUT2D eigenvalue weighted by Crippen LogP contribution is 2.25. The number of piperazine rings is 1. The predicted molar refractivity (Wildman–Crippen MR) is 139 cm³/mol. The lowest BCUT2D eigenvalue weighted by Gasteiger charge is -2.48. The van der Waals surface area contributed by atoms with E-state index in [2.05, 4.69) is 20.3 Å². The summed E-state index contributed by atoms with van der Waals surface area (Å²) in [5.41, 5.74) is -0.923. The first-order valence-electron chi connectivity index (χ1n) is 12.4. The van der Waals surface area contributed by atoms with Gasteiger partial charge in [-0.05, 0) is 45.0 Å². The predicted octanol–water partition coefficient (Wildman–Crippen LogP) is 1.52. The molecule has 1 fully saturated rings. The Morgan fingerprint density at radius 1 is 1.13 bits per heavy atom. The van der Waals surface area contributed by atoms with E-state index < -0.39 is 17.1 Å². The number of anilines is 1. The number of nitrogens with zero attached hydrogens (tertiary/aromatic N) is 6. The molecular weight excluding hydrogens is 509 g/mol. The molecule has 12 nitrogen and oxygen atoms in total. The van der Waals surface area contributed by atoms with Crippen LogP contribution in [-0.2, 0) is 11.3 Å². The number of benzene rings is 1. The zero-order valence-corrected chi connectivity index (χ0v) is 21.9. The molecule has 0 aliphatic carbocycles. The molecule has 1 aromatic carbocycles. The maximum Gasteiger partial charge on any atom is 0.274 e. The van der Waals surface area contributed by atoms with Crippen molar-refractivity contribution in [1.82, 2.24) is 29.3 Å². The molecule has 206 valence electrons. The van der Waals surface area contributed by atoms with Gasteiger partial charge in [0.2, 0.25) is 11.8 Å². The first kappa shape index (κ1) is 27.8. The number of nitrogens with one attached hydrogen (secondary N) is 1. The Hall–Kier alpha value is -4.23. The Kier molecular flexibility index (Phi) is 8.31. The second-order valence-corrected chi connectivity index (χ2v) is 9.73. The van der Waals surface area contributed by atoms with Crippen molar-refractivity contribution in [3.05, 3.63) is 70.9 Å². The van der Waals surface area contributed by atoms with Crippen LogP contribution >= 0.6 is 0 Å². The summed E-state index contributed by atoms with van der Waals surface area (Å²) >= 11 is 0. The molecule has 4 rings (SSSR count). The van der Waals surface area contributed by atoms with E-state index in [0.29, 0.717) is 25.4 Å². The number of ether oxygens (including phenoxy) is 1. The molecule has 2 aromatic heterocycles. The summed E-state index contributed by atoms with van der Waals surface area (Å²) in [6.07, 6.45) is 5.15. The van der Waals surface area contributed by atoms with Crippen molar-refractivity contribution in [3.8, 4) is 11.6 Å². The Morgan fingerprint density at radius 3 is 2.51 bits per heavy atom. The smallest absolute Gasteiger partial charge is 0.274 e. The van der Waals surface area contributed by atoms with Crippen molar-refractivity contribution in [2.45, 2.75) is 38.9 Å². The summed E-state index contributed by atoms with van der Waals surface area (Å²) in [7, 11) is 0. The molecule has 39 heavy (non-hydrogen) atoms. The van der Waals surface area contributed by atoms with Crippen molar-refractivity contribution >= 4 is 17.6 Å². The highest BCUT2D eigenvalue weighted by Gasteiger charge is 2.40. The number of hydrogen-bond donors (Lipinski definition) is 2. The van der Waals surface area contributed by atoms with Gasteiger partial charge in [0.15, 0.2) is 5.82 Å².